The van der Waals surface area contributed by atoms with Crippen LogP contribution in [0.1, 0.15) is 59.3 Å². The van der Waals surface area contributed by atoms with E-state index in [0.717, 1.165) is 57.9 Å². The Balaban J connectivity index is 1.75. The Labute approximate surface area is 153 Å². The summed E-state index contributed by atoms with van der Waals surface area (Å²) in [5.74, 6) is 1.20. The molecule has 0 atom stereocenters. The van der Waals surface area contributed by atoms with E-state index in [9.17, 15) is 4.79 Å². The Bertz CT molecular complexity index is 443. The van der Waals surface area contributed by atoms with Gasteiger partial charge >= 0.3 is 0 Å². The minimum Gasteiger partial charge on any atom is -0.357 e. The minimum absolute atomic E-state index is 0.102. The third-order valence-electron chi connectivity index (χ3n) is 5.25. The molecule has 0 aromatic rings. The van der Waals surface area contributed by atoms with Crippen LogP contribution in [0.15, 0.2) is 4.99 Å². The first-order chi connectivity index (χ1) is 12.0. The molecule has 25 heavy (non-hydrogen) atoms. The first kappa shape index (κ1) is 20.0. The van der Waals surface area contributed by atoms with Crippen LogP contribution in [0.25, 0.3) is 0 Å². The Morgan fingerprint density at radius 3 is 2.52 bits per heavy atom. The SMILES string of the molecule is CCNC(=NCC(C)(C)N1CCCCC1)NCCCN1CCCC1=O. The second-order valence-corrected chi connectivity index (χ2v) is 7.82. The summed E-state index contributed by atoms with van der Waals surface area (Å²) >= 11 is 0. The first-order valence-electron chi connectivity index (χ1n) is 10.1. The van der Waals surface area contributed by atoms with Gasteiger partial charge in [-0.3, -0.25) is 14.7 Å². The van der Waals surface area contributed by atoms with Crippen LogP contribution in [-0.2, 0) is 4.79 Å². The van der Waals surface area contributed by atoms with E-state index in [2.05, 4.69) is 36.3 Å². The van der Waals surface area contributed by atoms with Gasteiger partial charge in [0.25, 0.3) is 0 Å². The van der Waals surface area contributed by atoms with Crippen molar-refractivity contribution in [2.75, 3.05) is 45.8 Å². The van der Waals surface area contributed by atoms with Crippen LogP contribution in [0.3, 0.4) is 0 Å². The number of guanidine groups is 1. The van der Waals surface area contributed by atoms with E-state index >= 15 is 0 Å². The van der Waals surface area contributed by atoms with E-state index in [4.69, 9.17) is 4.99 Å². The fraction of sp³-hybridized carbons (Fsp3) is 0.895. The molecule has 2 heterocycles. The fourth-order valence-corrected chi connectivity index (χ4v) is 3.63. The summed E-state index contributed by atoms with van der Waals surface area (Å²) in [6, 6.07) is 0. The van der Waals surface area contributed by atoms with Gasteiger partial charge in [0.05, 0.1) is 6.54 Å². The van der Waals surface area contributed by atoms with Gasteiger partial charge < -0.3 is 15.5 Å². The normalized spacial score (nSPS) is 20.2. The van der Waals surface area contributed by atoms with Crippen molar-refractivity contribution in [2.45, 2.75) is 64.8 Å². The molecule has 0 aliphatic carbocycles. The zero-order valence-electron chi connectivity index (χ0n) is 16.4. The van der Waals surface area contributed by atoms with Crippen molar-refractivity contribution in [3.05, 3.63) is 0 Å². The van der Waals surface area contributed by atoms with Crippen molar-refractivity contribution in [1.29, 1.82) is 0 Å². The molecule has 2 N–H and O–H groups in total. The van der Waals surface area contributed by atoms with Gasteiger partial charge in [-0.25, -0.2) is 0 Å². The number of nitrogens with zero attached hydrogens (tertiary/aromatic N) is 3. The highest BCUT2D eigenvalue weighted by molar-refractivity contribution is 5.80. The Morgan fingerprint density at radius 1 is 1.12 bits per heavy atom. The molecule has 0 saturated carbocycles. The molecule has 2 rings (SSSR count). The average Bonchev–Trinajstić information content (AvgIpc) is 3.02. The maximum absolute atomic E-state index is 11.6. The number of piperidine rings is 1. The van der Waals surface area contributed by atoms with Crippen molar-refractivity contribution in [1.82, 2.24) is 20.4 Å². The highest BCUT2D eigenvalue weighted by Crippen LogP contribution is 2.20. The summed E-state index contributed by atoms with van der Waals surface area (Å²) in [5, 5.41) is 6.75. The number of carbonyl (C=O) groups is 1. The van der Waals surface area contributed by atoms with Crippen molar-refractivity contribution in [3.8, 4) is 0 Å². The zero-order chi connectivity index (χ0) is 18.1. The molecule has 0 radical (unpaired) electrons. The number of hydrogen-bond donors (Lipinski definition) is 2. The predicted octanol–water partition coefficient (Wildman–Crippen LogP) is 1.82. The molecule has 144 valence electrons. The lowest BCUT2D eigenvalue weighted by Gasteiger charge is -2.40. The molecular weight excluding hydrogens is 314 g/mol. The van der Waals surface area contributed by atoms with Crippen LogP contribution in [0.5, 0.6) is 0 Å². The lowest BCUT2D eigenvalue weighted by Crippen LogP contribution is -2.49. The molecular formula is C19H37N5O. The van der Waals surface area contributed by atoms with Gasteiger partial charge in [-0.15, -0.1) is 0 Å². The van der Waals surface area contributed by atoms with Gasteiger partial charge in [0.2, 0.25) is 5.91 Å². The molecule has 6 heteroatoms. The van der Waals surface area contributed by atoms with E-state index in [1.807, 2.05) is 4.90 Å². The highest BCUT2D eigenvalue weighted by atomic mass is 16.2. The Hall–Kier alpha value is -1.30. The molecule has 1 amide bonds. The van der Waals surface area contributed by atoms with Gasteiger partial charge in [-0.05, 0) is 59.5 Å². The van der Waals surface area contributed by atoms with E-state index in [1.165, 1.54) is 32.4 Å². The monoisotopic (exact) mass is 351 g/mol. The molecule has 2 saturated heterocycles. The average molecular weight is 352 g/mol. The van der Waals surface area contributed by atoms with Crippen LogP contribution in [0.2, 0.25) is 0 Å². The van der Waals surface area contributed by atoms with Gasteiger partial charge in [0.15, 0.2) is 5.96 Å². The molecule has 2 aliphatic rings. The molecule has 0 aromatic heterocycles. The van der Waals surface area contributed by atoms with Crippen molar-refractivity contribution >= 4 is 11.9 Å². The number of hydrogen-bond acceptors (Lipinski definition) is 3. The third-order valence-corrected chi connectivity index (χ3v) is 5.25. The fourth-order valence-electron chi connectivity index (χ4n) is 3.63. The highest BCUT2D eigenvalue weighted by Gasteiger charge is 2.27. The Morgan fingerprint density at radius 2 is 1.88 bits per heavy atom. The van der Waals surface area contributed by atoms with Crippen molar-refractivity contribution in [2.24, 2.45) is 4.99 Å². The van der Waals surface area contributed by atoms with Gasteiger partial charge in [0.1, 0.15) is 0 Å². The maximum atomic E-state index is 11.6. The number of rotatable bonds is 8. The number of carbonyl (C=O) groups excluding carboxylic acids is 1. The molecule has 0 aromatic carbocycles. The largest absolute Gasteiger partial charge is 0.357 e. The van der Waals surface area contributed by atoms with Crippen molar-refractivity contribution < 1.29 is 4.79 Å². The minimum atomic E-state index is 0.102. The van der Waals surface area contributed by atoms with Gasteiger partial charge in [0, 0.05) is 38.1 Å². The summed E-state index contributed by atoms with van der Waals surface area (Å²) in [4.78, 5) is 21.0. The lowest BCUT2D eigenvalue weighted by molar-refractivity contribution is -0.127. The number of aliphatic imine (C=N–C) groups is 1. The molecule has 6 nitrogen and oxygen atoms in total. The summed E-state index contributed by atoms with van der Waals surface area (Å²) in [6.07, 6.45) is 6.68. The summed E-state index contributed by atoms with van der Waals surface area (Å²) in [6.45, 7) is 13.4. The van der Waals surface area contributed by atoms with Crippen LogP contribution >= 0.6 is 0 Å². The summed E-state index contributed by atoms with van der Waals surface area (Å²) in [5.41, 5.74) is 0.102. The number of likely N-dealkylation sites (tertiary alicyclic amines) is 2. The topological polar surface area (TPSA) is 60.0 Å². The summed E-state index contributed by atoms with van der Waals surface area (Å²) in [7, 11) is 0. The molecule has 0 bridgehead atoms. The van der Waals surface area contributed by atoms with Crippen LogP contribution in [0, 0.1) is 0 Å². The molecule has 0 spiro atoms. The number of nitrogens with one attached hydrogen (secondary N) is 2. The van der Waals surface area contributed by atoms with Gasteiger partial charge in [-0.2, -0.15) is 0 Å². The van der Waals surface area contributed by atoms with Gasteiger partial charge in [-0.1, -0.05) is 6.42 Å². The lowest BCUT2D eigenvalue weighted by atomic mass is 9.99. The van der Waals surface area contributed by atoms with Crippen LogP contribution < -0.4 is 10.6 Å². The molecule has 2 aliphatic heterocycles. The second kappa shape index (κ2) is 10.00. The molecule has 2 fully saturated rings. The summed E-state index contributed by atoms with van der Waals surface area (Å²) < 4.78 is 0. The Kier molecular flexibility index (Phi) is 8.00. The zero-order valence-corrected chi connectivity index (χ0v) is 16.4. The third kappa shape index (κ3) is 6.49. The number of amides is 1. The van der Waals surface area contributed by atoms with Crippen molar-refractivity contribution in [3.63, 3.8) is 0 Å². The van der Waals surface area contributed by atoms with Crippen LogP contribution in [-0.4, -0.2) is 73.0 Å². The second-order valence-electron chi connectivity index (χ2n) is 7.82. The van der Waals surface area contributed by atoms with E-state index < -0.39 is 0 Å². The smallest absolute Gasteiger partial charge is 0.222 e. The van der Waals surface area contributed by atoms with Crippen LogP contribution in [0.4, 0.5) is 0 Å². The molecule has 0 unspecified atom stereocenters. The predicted molar refractivity (Wildman–Crippen MR) is 104 cm³/mol. The van der Waals surface area contributed by atoms with E-state index in [0.29, 0.717) is 5.91 Å². The first-order valence-corrected chi connectivity index (χ1v) is 10.1. The van der Waals surface area contributed by atoms with E-state index in [-0.39, 0.29) is 5.54 Å². The standard InChI is InChI=1S/C19H37N5O/c1-4-20-18(21-11-9-13-23-12-8-10-17(23)25)22-16-19(2,3)24-14-6-5-7-15-24/h4-16H2,1-3H3,(H2,20,21,22). The maximum Gasteiger partial charge on any atom is 0.222 e. The quantitative estimate of drug-likeness (QED) is 0.398. The van der Waals surface area contributed by atoms with E-state index in [1.54, 1.807) is 0 Å².